The van der Waals surface area contributed by atoms with E-state index in [1.807, 2.05) is 0 Å². The molecule has 130 valence electrons. The molecule has 0 saturated carbocycles. The van der Waals surface area contributed by atoms with Gasteiger partial charge in [-0.15, -0.1) is 0 Å². The minimum atomic E-state index is 0.435. The minimum Gasteiger partial charge on any atom is -0.0754 e. The smallest absolute Gasteiger partial charge is 0.0218 e. The molecular formula is C28H18. The Bertz CT molecular complexity index is 1310. The van der Waals surface area contributed by atoms with Crippen LogP contribution in [0.3, 0.4) is 0 Å². The first kappa shape index (κ1) is 14.6. The second-order valence-corrected chi connectivity index (χ2v) is 8.07. The van der Waals surface area contributed by atoms with Crippen LogP contribution in [0.5, 0.6) is 0 Å². The van der Waals surface area contributed by atoms with Gasteiger partial charge in [-0.05, 0) is 55.6 Å². The summed E-state index contributed by atoms with van der Waals surface area (Å²) in [5.41, 5.74) is 14.3. The van der Waals surface area contributed by atoms with E-state index >= 15 is 0 Å². The molecular weight excluding hydrogens is 336 g/mol. The average molecular weight is 354 g/mol. The summed E-state index contributed by atoms with van der Waals surface area (Å²) >= 11 is 0. The van der Waals surface area contributed by atoms with Gasteiger partial charge in [0, 0.05) is 11.8 Å². The summed E-state index contributed by atoms with van der Waals surface area (Å²) in [6.45, 7) is 0. The molecule has 2 unspecified atom stereocenters. The highest BCUT2D eigenvalue weighted by Crippen LogP contribution is 2.62. The molecule has 0 heterocycles. The largest absolute Gasteiger partial charge is 0.0754 e. The van der Waals surface area contributed by atoms with Gasteiger partial charge >= 0.3 is 0 Å². The summed E-state index contributed by atoms with van der Waals surface area (Å²) in [6, 6.07) is 31.4. The predicted molar refractivity (Wildman–Crippen MR) is 116 cm³/mol. The van der Waals surface area contributed by atoms with E-state index in [1.165, 1.54) is 55.6 Å². The molecule has 0 spiro atoms. The van der Waals surface area contributed by atoms with Crippen molar-refractivity contribution < 1.29 is 0 Å². The normalized spacial score (nSPS) is 19.3. The van der Waals surface area contributed by atoms with E-state index in [0.29, 0.717) is 11.8 Å². The molecule has 2 atom stereocenters. The summed E-state index contributed by atoms with van der Waals surface area (Å²) in [7, 11) is 0. The highest BCUT2D eigenvalue weighted by atomic mass is 14.5. The van der Waals surface area contributed by atoms with Crippen LogP contribution in [0, 0.1) is 0 Å². The molecule has 0 saturated heterocycles. The average Bonchev–Trinajstić information content (AvgIpc) is 3.12. The van der Waals surface area contributed by atoms with Crippen LogP contribution in [0.1, 0.15) is 34.1 Å². The Kier molecular flexibility index (Phi) is 2.67. The molecule has 0 aliphatic heterocycles. The van der Waals surface area contributed by atoms with Crippen molar-refractivity contribution in [2.45, 2.75) is 11.8 Å². The lowest BCUT2D eigenvalue weighted by Gasteiger charge is -2.35. The van der Waals surface area contributed by atoms with Gasteiger partial charge in [-0.1, -0.05) is 97.1 Å². The predicted octanol–water partition coefficient (Wildman–Crippen LogP) is 7.26. The minimum absolute atomic E-state index is 0.435. The van der Waals surface area contributed by atoms with Crippen molar-refractivity contribution >= 4 is 6.08 Å². The molecule has 3 aliphatic carbocycles. The van der Waals surface area contributed by atoms with Gasteiger partial charge in [0.25, 0.3) is 0 Å². The fourth-order valence-electron chi connectivity index (χ4n) is 5.76. The highest BCUT2D eigenvalue weighted by molar-refractivity contribution is 6.00. The Morgan fingerprint density at radius 2 is 1.32 bits per heavy atom. The summed E-state index contributed by atoms with van der Waals surface area (Å²) < 4.78 is 0. The van der Waals surface area contributed by atoms with Gasteiger partial charge < -0.3 is 0 Å². The van der Waals surface area contributed by atoms with Gasteiger partial charge in [0.2, 0.25) is 0 Å². The van der Waals surface area contributed by atoms with Gasteiger partial charge in [0.1, 0.15) is 0 Å². The van der Waals surface area contributed by atoms with Crippen molar-refractivity contribution in [2.75, 3.05) is 0 Å². The lowest BCUT2D eigenvalue weighted by atomic mass is 9.68. The van der Waals surface area contributed by atoms with E-state index < -0.39 is 0 Å². The van der Waals surface area contributed by atoms with Crippen LogP contribution in [-0.2, 0) is 0 Å². The quantitative estimate of drug-likeness (QED) is 0.337. The zero-order valence-electron chi connectivity index (χ0n) is 15.4. The second kappa shape index (κ2) is 5.11. The molecule has 4 aromatic carbocycles. The lowest BCUT2D eigenvalue weighted by Crippen LogP contribution is -2.18. The molecule has 3 aliphatic rings. The molecule has 0 aromatic heterocycles. The summed E-state index contributed by atoms with van der Waals surface area (Å²) in [5, 5.41) is 0. The second-order valence-electron chi connectivity index (χ2n) is 8.07. The standard InChI is InChI=1S/C28H18/c1-2-7-17(8-3-1)19-15-16-23-21-11-5-4-10-20(21)22-14-13-18-9-6-12-24-25(18)27(22)28(23)26(19)24/h1-16,22,27H. The third-order valence-corrected chi connectivity index (χ3v) is 6.81. The Balaban J connectivity index is 1.66. The molecule has 28 heavy (non-hydrogen) atoms. The summed E-state index contributed by atoms with van der Waals surface area (Å²) in [4.78, 5) is 0. The van der Waals surface area contributed by atoms with Crippen LogP contribution in [0.15, 0.2) is 91.0 Å². The first-order valence-electron chi connectivity index (χ1n) is 10.0. The Labute approximate surface area is 164 Å². The van der Waals surface area contributed by atoms with Crippen molar-refractivity contribution in [3.8, 4) is 33.4 Å². The fourth-order valence-corrected chi connectivity index (χ4v) is 5.76. The first-order chi connectivity index (χ1) is 13.9. The van der Waals surface area contributed by atoms with E-state index in [4.69, 9.17) is 0 Å². The first-order valence-corrected chi connectivity index (χ1v) is 10.0. The fraction of sp³-hybridized carbons (Fsp3) is 0.0714. The molecule has 0 nitrogen and oxygen atoms in total. The van der Waals surface area contributed by atoms with Gasteiger partial charge in [-0.2, -0.15) is 0 Å². The van der Waals surface area contributed by atoms with E-state index in [1.54, 1.807) is 0 Å². The van der Waals surface area contributed by atoms with Gasteiger partial charge in [0.15, 0.2) is 0 Å². The van der Waals surface area contributed by atoms with Crippen molar-refractivity contribution in [2.24, 2.45) is 0 Å². The molecule has 0 N–H and O–H groups in total. The van der Waals surface area contributed by atoms with E-state index in [0.717, 1.165) is 0 Å². The summed E-state index contributed by atoms with van der Waals surface area (Å²) in [5.74, 6) is 0.879. The van der Waals surface area contributed by atoms with E-state index in [9.17, 15) is 0 Å². The van der Waals surface area contributed by atoms with Crippen LogP contribution >= 0.6 is 0 Å². The Morgan fingerprint density at radius 1 is 0.536 bits per heavy atom. The zero-order chi connectivity index (χ0) is 18.2. The molecule has 7 rings (SSSR count). The molecule has 0 bridgehead atoms. The van der Waals surface area contributed by atoms with Crippen LogP contribution in [0.4, 0.5) is 0 Å². The van der Waals surface area contributed by atoms with Gasteiger partial charge in [-0.25, -0.2) is 0 Å². The molecule has 0 fully saturated rings. The van der Waals surface area contributed by atoms with Gasteiger partial charge in [-0.3, -0.25) is 0 Å². The molecule has 0 heteroatoms. The van der Waals surface area contributed by atoms with E-state index in [-0.39, 0.29) is 0 Å². The topological polar surface area (TPSA) is 0 Å². The third-order valence-electron chi connectivity index (χ3n) is 6.81. The maximum atomic E-state index is 2.43. The zero-order valence-corrected chi connectivity index (χ0v) is 15.4. The number of hydrogen-bond donors (Lipinski definition) is 0. The maximum absolute atomic E-state index is 2.43. The van der Waals surface area contributed by atoms with Crippen LogP contribution in [0.2, 0.25) is 0 Å². The van der Waals surface area contributed by atoms with Crippen LogP contribution in [-0.4, -0.2) is 0 Å². The van der Waals surface area contributed by atoms with Crippen molar-refractivity contribution in [1.29, 1.82) is 0 Å². The summed E-state index contributed by atoms with van der Waals surface area (Å²) in [6.07, 6.45) is 4.78. The number of fused-ring (bicyclic) bond motifs is 4. The van der Waals surface area contributed by atoms with Crippen LogP contribution in [0.25, 0.3) is 39.5 Å². The highest BCUT2D eigenvalue weighted by Gasteiger charge is 2.43. The Hall–Kier alpha value is -3.38. The van der Waals surface area contributed by atoms with E-state index in [2.05, 4.69) is 97.1 Å². The molecule has 0 radical (unpaired) electrons. The molecule has 4 aromatic rings. The monoisotopic (exact) mass is 354 g/mol. The molecule has 0 amide bonds. The van der Waals surface area contributed by atoms with Crippen molar-refractivity contribution in [3.63, 3.8) is 0 Å². The number of allylic oxidation sites excluding steroid dienone is 1. The number of hydrogen-bond acceptors (Lipinski definition) is 0. The number of rotatable bonds is 1. The maximum Gasteiger partial charge on any atom is 0.0218 e. The van der Waals surface area contributed by atoms with Gasteiger partial charge in [0.05, 0.1) is 0 Å². The van der Waals surface area contributed by atoms with Crippen LogP contribution < -0.4 is 0 Å². The number of benzene rings is 4. The SMILES string of the molecule is C1=CC2c3ccccc3-c3ccc(-c4ccccc4)c4c3C2c2c1cccc2-4. The lowest BCUT2D eigenvalue weighted by molar-refractivity contribution is 0.714. The van der Waals surface area contributed by atoms with Crippen molar-refractivity contribution in [3.05, 3.63) is 113 Å². The Morgan fingerprint density at radius 3 is 2.25 bits per heavy atom. The van der Waals surface area contributed by atoms with Crippen molar-refractivity contribution in [1.82, 2.24) is 0 Å². The third kappa shape index (κ3) is 1.67.